The van der Waals surface area contributed by atoms with E-state index in [4.69, 9.17) is 4.98 Å². The minimum atomic E-state index is 0.959. The van der Waals surface area contributed by atoms with Crippen LogP contribution in [0.1, 0.15) is 30.7 Å². The molecule has 0 radical (unpaired) electrons. The van der Waals surface area contributed by atoms with Crippen LogP contribution in [0.3, 0.4) is 0 Å². The van der Waals surface area contributed by atoms with Crippen LogP contribution in [-0.4, -0.2) is 26.1 Å². The van der Waals surface area contributed by atoms with E-state index in [0.717, 1.165) is 49.3 Å². The fraction of sp³-hybridized carbons (Fsp3) is 0.389. The van der Waals surface area contributed by atoms with Crippen LogP contribution < -0.4 is 4.90 Å². The fourth-order valence-electron chi connectivity index (χ4n) is 3.90. The Hall–Kier alpha value is -2.43. The van der Waals surface area contributed by atoms with E-state index in [0.29, 0.717) is 0 Å². The van der Waals surface area contributed by atoms with Gasteiger partial charge in [0.15, 0.2) is 17.0 Å². The average Bonchev–Trinajstić information content (AvgIpc) is 3.00. The summed E-state index contributed by atoms with van der Waals surface area (Å²) in [7, 11) is 0. The number of para-hydroxylation sites is 1. The zero-order valence-corrected chi connectivity index (χ0v) is 13.1. The summed E-state index contributed by atoms with van der Waals surface area (Å²) in [5, 5.41) is 0. The number of hydrogen-bond acceptors (Lipinski definition) is 4. The number of fused-ring (bicyclic) bond motifs is 4. The molecule has 0 spiro atoms. The molecule has 0 unspecified atom stereocenters. The van der Waals surface area contributed by atoms with Crippen LogP contribution in [0, 0.1) is 0 Å². The molecular weight excluding hydrogens is 286 g/mol. The average molecular weight is 305 g/mol. The Morgan fingerprint density at radius 3 is 2.87 bits per heavy atom. The minimum Gasteiger partial charge on any atom is -0.324 e. The van der Waals surface area contributed by atoms with Crippen molar-refractivity contribution < 1.29 is 0 Å². The van der Waals surface area contributed by atoms with Crippen LogP contribution in [0.2, 0.25) is 0 Å². The number of aromatic nitrogens is 4. The van der Waals surface area contributed by atoms with Crippen LogP contribution in [0.4, 0.5) is 11.5 Å². The van der Waals surface area contributed by atoms with Gasteiger partial charge in [0.1, 0.15) is 12.2 Å². The number of benzene rings is 1. The van der Waals surface area contributed by atoms with E-state index in [1.165, 1.54) is 29.9 Å². The lowest BCUT2D eigenvalue weighted by atomic mass is 10.0. The monoisotopic (exact) mass is 305 g/mol. The number of nitrogens with zero attached hydrogens (tertiary/aromatic N) is 5. The van der Waals surface area contributed by atoms with Crippen LogP contribution in [0.15, 0.2) is 30.6 Å². The molecule has 0 atom stereocenters. The van der Waals surface area contributed by atoms with Gasteiger partial charge in [-0.25, -0.2) is 15.0 Å². The maximum atomic E-state index is 4.90. The van der Waals surface area contributed by atoms with Gasteiger partial charge < -0.3 is 9.47 Å². The molecule has 23 heavy (non-hydrogen) atoms. The summed E-state index contributed by atoms with van der Waals surface area (Å²) in [6.07, 6.45) is 7.46. The third-order valence-corrected chi connectivity index (χ3v) is 4.99. The third-order valence-electron chi connectivity index (χ3n) is 4.99. The van der Waals surface area contributed by atoms with E-state index in [1.54, 1.807) is 6.33 Å². The zero-order chi connectivity index (χ0) is 15.2. The summed E-state index contributed by atoms with van der Waals surface area (Å²) >= 11 is 0. The molecule has 0 aliphatic carbocycles. The van der Waals surface area contributed by atoms with Gasteiger partial charge >= 0.3 is 0 Å². The van der Waals surface area contributed by atoms with Crippen molar-refractivity contribution in [2.75, 3.05) is 11.4 Å². The van der Waals surface area contributed by atoms with Crippen molar-refractivity contribution in [1.29, 1.82) is 0 Å². The van der Waals surface area contributed by atoms with Crippen molar-refractivity contribution in [1.82, 2.24) is 19.5 Å². The first-order valence-corrected chi connectivity index (χ1v) is 8.47. The molecule has 4 heterocycles. The summed E-state index contributed by atoms with van der Waals surface area (Å²) in [4.78, 5) is 16.4. The minimum absolute atomic E-state index is 0.959. The Morgan fingerprint density at radius 2 is 1.87 bits per heavy atom. The molecule has 2 aliphatic heterocycles. The van der Waals surface area contributed by atoms with Crippen LogP contribution >= 0.6 is 0 Å². The number of imidazole rings is 1. The van der Waals surface area contributed by atoms with Crippen molar-refractivity contribution in [2.45, 2.75) is 38.6 Å². The molecule has 0 fully saturated rings. The summed E-state index contributed by atoms with van der Waals surface area (Å²) in [5.41, 5.74) is 4.62. The number of anilines is 2. The van der Waals surface area contributed by atoms with E-state index >= 15 is 0 Å². The van der Waals surface area contributed by atoms with Crippen molar-refractivity contribution in [3.63, 3.8) is 0 Å². The van der Waals surface area contributed by atoms with Crippen molar-refractivity contribution in [2.24, 2.45) is 0 Å². The molecule has 5 heteroatoms. The predicted octanol–water partition coefficient (Wildman–Crippen LogP) is 3.25. The summed E-state index contributed by atoms with van der Waals surface area (Å²) in [6, 6.07) is 8.64. The quantitative estimate of drug-likeness (QED) is 0.692. The topological polar surface area (TPSA) is 46.8 Å². The SMILES string of the molecule is c1ccc2c(c1)CCCN2c1ncnc2c1nc1n2CCCC1. The van der Waals surface area contributed by atoms with Gasteiger partial charge in [-0.3, -0.25) is 0 Å². The standard InChI is InChI=1S/C18H19N5/c1-2-8-14-13(6-1)7-5-11-22(14)17-16-18(20-12-19-17)23-10-4-3-9-15(23)21-16/h1-2,6,8,12H,3-5,7,9-11H2. The van der Waals surface area contributed by atoms with Gasteiger partial charge in [0, 0.05) is 25.2 Å². The predicted molar refractivity (Wildman–Crippen MR) is 90.0 cm³/mol. The van der Waals surface area contributed by atoms with Crippen LogP contribution in [0.5, 0.6) is 0 Å². The maximum Gasteiger partial charge on any atom is 0.165 e. The Labute approximate surface area is 135 Å². The van der Waals surface area contributed by atoms with Gasteiger partial charge in [-0.05, 0) is 37.3 Å². The third kappa shape index (κ3) is 1.96. The first-order valence-electron chi connectivity index (χ1n) is 8.47. The van der Waals surface area contributed by atoms with Crippen LogP contribution in [0.25, 0.3) is 11.2 Å². The molecular formula is C18H19N5. The number of rotatable bonds is 1. The number of hydrogen-bond donors (Lipinski definition) is 0. The lowest BCUT2D eigenvalue weighted by Crippen LogP contribution is -2.25. The van der Waals surface area contributed by atoms with E-state index in [1.807, 2.05) is 0 Å². The second-order valence-electron chi connectivity index (χ2n) is 6.39. The summed E-state index contributed by atoms with van der Waals surface area (Å²) in [5.74, 6) is 2.13. The van der Waals surface area contributed by atoms with Gasteiger partial charge in [0.05, 0.1) is 0 Å². The van der Waals surface area contributed by atoms with Gasteiger partial charge in [-0.1, -0.05) is 18.2 Å². The number of aryl methyl sites for hydroxylation is 3. The maximum absolute atomic E-state index is 4.90. The van der Waals surface area contributed by atoms with Crippen LogP contribution in [-0.2, 0) is 19.4 Å². The van der Waals surface area contributed by atoms with E-state index in [2.05, 4.69) is 43.7 Å². The molecule has 0 N–H and O–H groups in total. The van der Waals surface area contributed by atoms with E-state index in [9.17, 15) is 0 Å². The highest BCUT2D eigenvalue weighted by atomic mass is 15.2. The summed E-state index contributed by atoms with van der Waals surface area (Å²) in [6.45, 7) is 2.02. The highest BCUT2D eigenvalue weighted by Gasteiger charge is 2.24. The Balaban J connectivity index is 1.71. The first kappa shape index (κ1) is 13.0. The van der Waals surface area contributed by atoms with Gasteiger partial charge in [0.25, 0.3) is 0 Å². The molecule has 0 amide bonds. The molecule has 1 aromatic carbocycles. The molecule has 2 aliphatic rings. The first-order chi connectivity index (χ1) is 11.4. The van der Waals surface area contributed by atoms with Gasteiger partial charge in [-0.2, -0.15) is 0 Å². The van der Waals surface area contributed by atoms with Gasteiger partial charge in [-0.15, -0.1) is 0 Å². The van der Waals surface area contributed by atoms with Crippen molar-refractivity contribution in [3.05, 3.63) is 42.0 Å². The molecule has 116 valence electrons. The molecule has 5 nitrogen and oxygen atoms in total. The molecule has 3 aromatic rings. The van der Waals surface area contributed by atoms with E-state index < -0.39 is 0 Å². The Kier molecular flexibility index (Phi) is 2.86. The largest absolute Gasteiger partial charge is 0.324 e. The zero-order valence-electron chi connectivity index (χ0n) is 13.1. The smallest absolute Gasteiger partial charge is 0.165 e. The second-order valence-corrected chi connectivity index (χ2v) is 6.39. The lowest BCUT2D eigenvalue weighted by molar-refractivity contribution is 0.530. The Bertz CT molecular complexity index is 882. The normalized spacial score (nSPS) is 17.1. The molecule has 0 bridgehead atoms. The molecule has 2 aromatic heterocycles. The fourth-order valence-corrected chi connectivity index (χ4v) is 3.90. The van der Waals surface area contributed by atoms with Gasteiger partial charge in [0.2, 0.25) is 0 Å². The second kappa shape index (κ2) is 5.05. The molecule has 5 rings (SSSR count). The van der Waals surface area contributed by atoms with Crippen molar-refractivity contribution in [3.8, 4) is 0 Å². The Morgan fingerprint density at radius 1 is 0.913 bits per heavy atom. The summed E-state index contributed by atoms with van der Waals surface area (Å²) < 4.78 is 2.28. The van der Waals surface area contributed by atoms with E-state index in [-0.39, 0.29) is 0 Å². The molecule has 0 saturated heterocycles. The molecule has 0 saturated carbocycles. The lowest BCUT2D eigenvalue weighted by Gasteiger charge is -2.30. The van der Waals surface area contributed by atoms with Crippen molar-refractivity contribution >= 4 is 22.7 Å². The highest BCUT2D eigenvalue weighted by molar-refractivity contribution is 5.87. The highest BCUT2D eigenvalue weighted by Crippen LogP contribution is 2.35.